The maximum Gasteiger partial charge on any atom is 0.274 e. The molecule has 108 valence electrons. The predicted molar refractivity (Wildman–Crippen MR) is 82.5 cm³/mol. The van der Waals surface area contributed by atoms with E-state index >= 15 is 0 Å². The number of anilines is 2. The normalized spacial score (nSPS) is 13.8. The van der Waals surface area contributed by atoms with Crippen molar-refractivity contribution >= 4 is 17.5 Å². The molecule has 2 N–H and O–H groups in total. The summed E-state index contributed by atoms with van der Waals surface area (Å²) in [6.45, 7) is 4.00. The number of aromatic nitrogens is 2. The second kappa shape index (κ2) is 5.52. The number of benzene rings is 1. The summed E-state index contributed by atoms with van der Waals surface area (Å²) in [5, 5.41) is 6.08. The molecule has 1 amide bonds. The third kappa shape index (κ3) is 3.37. The van der Waals surface area contributed by atoms with E-state index < -0.39 is 0 Å². The minimum atomic E-state index is -0.219. The molecule has 1 saturated carbocycles. The van der Waals surface area contributed by atoms with Crippen LogP contribution in [0, 0.1) is 13.8 Å². The van der Waals surface area contributed by atoms with Crippen molar-refractivity contribution in [3.8, 4) is 0 Å². The summed E-state index contributed by atoms with van der Waals surface area (Å²) in [4.78, 5) is 20.7. The molecular weight excluding hydrogens is 264 g/mol. The molecule has 1 aromatic heterocycles. The Morgan fingerprint density at radius 2 is 2.05 bits per heavy atom. The van der Waals surface area contributed by atoms with Crippen molar-refractivity contribution in [1.29, 1.82) is 0 Å². The quantitative estimate of drug-likeness (QED) is 0.904. The Bertz CT molecular complexity index is 680. The summed E-state index contributed by atoms with van der Waals surface area (Å²) in [6, 6.07) is 8.00. The largest absolute Gasteiger partial charge is 0.351 e. The second-order valence-corrected chi connectivity index (χ2v) is 5.46. The van der Waals surface area contributed by atoms with E-state index in [2.05, 4.69) is 20.6 Å². The Hall–Kier alpha value is -2.43. The molecule has 2 aromatic rings. The number of carbonyl (C=O) groups is 1. The van der Waals surface area contributed by atoms with Gasteiger partial charge in [-0.1, -0.05) is 17.7 Å². The summed E-state index contributed by atoms with van der Waals surface area (Å²) in [6.07, 6.45) is 3.89. The lowest BCUT2D eigenvalue weighted by Crippen LogP contribution is -2.16. The molecule has 1 heterocycles. The van der Waals surface area contributed by atoms with E-state index in [0.29, 0.717) is 17.7 Å². The van der Waals surface area contributed by atoms with Crippen LogP contribution in [0.5, 0.6) is 0 Å². The fourth-order valence-corrected chi connectivity index (χ4v) is 2.11. The van der Waals surface area contributed by atoms with Gasteiger partial charge in [0.05, 0.1) is 0 Å². The van der Waals surface area contributed by atoms with Gasteiger partial charge in [-0.3, -0.25) is 4.79 Å². The molecule has 0 spiro atoms. The third-order valence-corrected chi connectivity index (χ3v) is 3.43. The zero-order valence-corrected chi connectivity index (χ0v) is 12.2. The van der Waals surface area contributed by atoms with Gasteiger partial charge in [-0.25, -0.2) is 9.97 Å². The molecular formula is C16H18N4O. The Labute approximate surface area is 123 Å². The molecule has 0 unspecified atom stereocenters. The highest BCUT2D eigenvalue weighted by molar-refractivity contribution is 6.03. The second-order valence-electron chi connectivity index (χ2n) is 5.46. The lowest BCUT2D eigenvalue weighted by atomic mass is 10.1. The Balaban J connectivity index is 1.75. The third-order valence-electron chi connectivity index (χ3n) is 3.43. The van der Waals surface area contributed by atoms with E-state index in [1.54, 1.807) is 12.3 Å². The minimum absolute atomic E-state index is 0.219. The maximum absolute atomic E-state index is 12.3. The number of aryl methyl sites for hydroxylation is 2. The number of rotatable bonds is 4. The first-order valence-corrected chi connectivity index (χ1v) is 7.10. The van der Waals surface area contributed by atoms with Crippen molar-refractivity contribution in [3.05, 3.63) is 47.3 Å². The van der Waals surface area contributed by atoms with Crippen molar-refractivity contribution < 1.29 is 4.79 Å². The van der Waals surface area contributed by atoms with Crippen LogP contribution in [-0.2, 0) is 0 Å². The van der Waals surface area contributed by atoms with E-state index in [-0.39, 0.29) is 5.91 Å². The monoisotopic (exact) mass is 282 g/mol. The van der Waals surface area contributed by atoms with Crippen LogP contribution in [0.25, 0.3) is 0 Å². The van der Waals surface area contributed by atoms with Crippen molar-refractivity contribution in [3.63, 3.8) is 0 Å². The van der Waals surface area contributed by atoms with Crippen molar-refractivity contribution in [2.45, 2.75) is 32.7 Å². The van der Waals surface area contributed by atoms with Gasteiger partial charge < -0.3 is 10.6 Å². The van der Waals surface area contributed by atoms with Gasteiger partial charge in [0.1, 0.15) is 5.69 Å². The maximum atomic E-state index is 12.3. The average molecular weight is 282 g/mol. The van der Waals surface area contributed by atoms with Gasteiger partial charge in [-0.2, -0.15) is 0 Å². The highest BCUT2D eigenvalue weighted by atomic mass is 16.1. The van der Waals surface area contributed by atoms with Crippen LogP contribution >= 0.6 is 0 Å². The number of hydrogen-bond acceptors (Lipinski definition) is 4. The van der Waals surface area contributed by atoms with Gasteiger partial charge in [0.2, 0.25) is 5.95 Å². The molecule has 1 aromatic carbocycles. The van der Waals surface area contributed by atoms with Gasteiger partial charge in [0.15, 0.2) is 0 Å². The smallest absolute Gasteiger partial charge is 0.274 e. The lowest BCUT2D eigenvalue weighted by molar-refractivity contribution is 0.102. The first-order chi connectivity index (χ1) is 10.1. The first kappa shape index (κ1) is 13.5. The molecule has 0 saturated heterocycles. The molecule has 0 radical (unpaired) electrons. The van der Waals surface area contributed by atoms with Crippen molar-refractivity contribution in [2.24, 2.45) is 0 Å². The molecule has 21 heavy (non-hydrogen) atoms. The zero-order chi connectivity index (χ0) is 14.8. The van der Waals surface area contributed by atoms with E-state index in [4.69, 9.17) is 0 Å². The summed E-state index contributed by atoms with van der Waals surface area (Å²) >= 11 is 0. The van der Waals surface area contributed by atoms with Crippen LogP contribution < -0.4 is 10.6 Å². The van der Waals surface area contributed by atoms with Crippen LogP contribution in [0.2, 0.25) is 0 Å². The van der Waals surface area contributed by atoms with Crippen LogP contribution in [0.3, 0.4) is 0 Å². The first-order valence-electron chi connectivity index (χ1n) is 7.10. The Morgan fingerprint density at radius 3 is 2.76 bits per heavy atom. The highest BCUT2D eigenvalue weighted by Crippen LogP contribution is 2.23. The molecule has 1 fully saturated rings. The highest BCUT2D eigenvalue weighted by Gasteiger charge is 2.22. The van der Waals surface area contributed by atoms with Gasteiger partial charge >= 0.3 is 0 Å². The van der Waals surface area contributed by atoms with E-state index in [0.717, 1.165) is 24.1 Å². The Morgan fingerprint density at radius 1 is 1.24 bits per heavy atom. The minimum Gasteiger partial charge on any atom is -0.351 e. The van der Waals surface area contributed by atoms with Gasteiger partial charge in [-0.15, -0.1) is 0 Å². The average Bonchev–Trinajstić information content (AvgIpc) is 3.26. The molecule has 5 heteroatoms. The van der Waals surface area contributed by atoms with E-state index in [1.807, 2.05) is 32.0 Å². The fraction of sp³-hybridized carbons (Fsp3) is 0.312. The molecule has 3 rings (SSSR count). The van der Waals surface area contributed by atoms with Crippen LogP contribution in [-0.4, -0.2) is 21.9 Å². The fourth-order valence-electron chi connectivity index (χ4n) is 2.11. The molecule has 0 aliphatic heterocycles. The van der Waals surface area contributed by atoms with E-state index in [9.17, 15) is 4.79 Å². The number of hydrogen-bond donors (Lipinski definition) is 2. The standard InChI is InChI=1S/C16H18N4O/c1-10-3-6-13(11(2)9-10)19-15(21)14-7-8-17-16(20-14)18-12-4-5-12/h3,6-9,12H,4-5H2,1-2H3,(H,19,21)(H,17,18,20). The van der Waals surface area contributed by atoms with Crippen molar-refractivity contribution in [2.75, 3.05) is 10.6 Å². The van der Waals surface area contributed by atoms with Gasteiger partial charge in [0, 0.05) is 17.9 Å². The van der Waals surface area contributed by atoms with Gasteiger partial charge in [-0.05, 0) is 44.4 Å². The van der Waals surface area contributed by atoms with E-state index in [1.165, 1.54) is 5.56 Å². The van der Waals surface area contributed by atoms with Crippen LogP contribution in [0.4, 0.5) is 11.6 Å². The molecule has 1 aliphatic carbocycles. The SMILES string of the molecule is Cc1ccc(NC(=O)c2ccnc(NC3CC3)n2)c(C)c1. The summed E-state index contributed by atoms with van der Waals surface area (Å²) in [5.74, 6) is 0.300. The lowest BCUT2D eigenvalue weighted by Gasteiger charge is -2.09. The van der Waals surface area contributed by atoms with Crippen LogP contribution in [0.1, 0.15) is 34.5 Å². The zero-order valence-electron chi connectivity index (χ0n) is 12.2. The summed E-state index contributed by atoms with van der Waals surface area (Å²) in [7, 11) is 0. The molecule has 0 atom stereocenters. The molecule has 1 aliphatic rings. The van der Waals surface area contributed by atoms with Gasteiger partial charge in [0.25, 0.3) is 5.91 Å². The molecule has 0 bridgehead atoms. The number of carbonyl (C=O) groups excluding carboxylic acids is 1. The topological polar surface area (TPSA) is 66.9 Å². The number of nitrogens with one attached hydrogen (secondary N) is 2. The molecule has 5 nitrogen and oxygen atoms in total. The van der Waals surface area contributed by atoms with Crippen molar-refractivity contribution in [1.82, 2.24) is 9.97 Å². The van der Waals surface area contributed by atoms with Crippen LogP contribution in [0.15, 0.2) is 30.5 Å². The summed E-state index contributed by atoms with van der Waals surface area (Å²) < 4.78 is 0. The summed E-state index contributed by atoms with van der Waals surface area (Å²) in [5.41, 5.74) is 3.38. The predicted octanol–water partition coefficient (Wildman–Crippen LogP) is 2.92. The number of amides is 1. The Kier molecular flexibility index (Phi) is 3.56. The number of nitrogens with zero attached hydrogens (tertiary/aromatic N) is 2.